The summed E-state index contributed by atoms with van der Waals surface area (Å²) in [6.07, 6.45) is 3.72. The molecule has 0 atom stereocenters. The van der Waals surface area contributed by atoms with Crippen molar-refractivity contribution >= 4 is 5.84 Å². The number of nitrogen functional groups attached to an aromatic ring is 1. The van der Waals surface area contributed by atoms with Crippen molar-refractivity contribution in [3.8, 4) is 5.75 Å². The summed E-state index contributed by atoms with van der Waals surface area (Å²) in [4.78, 5) is 2.48. The van der Waals surface area contributed by atoms with E-state index in [1.54, 1.807) is 0 Å². The van der Waals surface area contributed by atoms with Gasteiger partial charge in [0.15, 0.2) is 0 Å². The summed E-state index contributed by atoms with van der Waals surface area (Å²) >= 11 is 0. The number of nitrogens with one attached hydrogen (secondary N) is 1. The molecule has 1 aromatic rings. The second-order valence-corrected chi connectivity index (χ2v) is 4.69. The van der Waals surface area contributed by atoms with E-state index >= 15 is 0 Å². The quantitative estimate of drug-likeness (QED) is 0.458. The Morgan fingerprint density at radius 1 is 1.33 bits per heavy atom. The zero-order valence-electron chi connectivity index (χ0n) is 10.7. The Kier molecular flexibility index (Phi) is 4.59. The SMILES string of the molecule is N=C(N)c1cccc(OCCCN2CCCC2)c1. The number of hydrogen-bond donors (Lipinski definition) is 2. The van der Waals surface area contributed by atoms with Crippen LogP contribution in [0.25, 0.3) is 0 Å². The minimum Gasteiger partial charge on any atom is -0.494 e. The standard InChI is InChI=1S/C14H21N3O/c15-14(16)12-5-3-6-13(11-12)18-10-4-9-17-7-1-2-8-17/h3,5-6,11H,1-2,4,7-10H2,(H3,15,16). The van der Waals surface area contributed by atoms with Crippen molar-refractivity contribution in [2.24, 2.45) is 5.73 Å². The molecule has 3 N–H and O–H groups in total. The fraction of sp³-hybridized carbons (Fsp3) is 0.500. The molecule has 0 saturated carbocycles. The van der Waals surface area contributed by atoms with Gasteiger partial charge in [-0.25, -0.2) is 0 Å². The van der Waals surface area contributed by atoms with Crippen molar-refractivity contribution in [2.45, 2.75) is 19.3 Å². The van der Waals surface area contributed by atoms with E-state index in [2.05, 4.69) is 4.90 Å². The first-order chi connectivity index (χ1) is 8.75. The Bertz CT molecular complexity index is 400. The van der Waals surface area contributed by atoms with Gasteiger partial charge >= 0.3 is 0 Å². The lowest BCUT2D eigenvalue weighted by atomic mass is 10.2. The maximum absolute atomic E-state index is 7.37. The van der Waals surface area contributed by atoms with E-state index in [9.17, 15) is 0 Å². The fourth-order valence-corrected chi connectivity index (χ4v) is 2.24. The largest absolute Gasteiger partial charge is 0.494 e. The number of hydrogen-bond acceptors (Lipinski definition) is 3. The van der Waals surface area contributed by atoms with Crippen molar-refractivity contribution < 1.29 is 4.74 Å². The molecule has 4 nitrogen and oxygen atoms in total. The van der Waals surface area contributed by atoms with Gasteiger partial charge in [0.2, 0.25) is 0 Å². The molecule has 1 aliphatic rings. The molecule has 18 heavy (non-hydrogen) atoms. The van der Waals surface area contributed by atoms with Crippen LogP contribution in [0.1, 0.15) is 24.8 Å². The summed E-state index contributed by atoms with van der Waals surface area (Å²) in [5, 5.41) is 7.37. The summed E-state index contributed by atoms with van der Waals surface area (Å²) in [6, 6.07) is 7.41. The Morgan fingerprint density at radius 2 is 2.11 bits per heavy atom. The molecule has 1 saturated heterocycles. The van der Waals surface area contributed by atoms with Crippen LogP contribution >= 0.6 is 0 Å². The maximum Gasteiger partial charge on any atom is 0.122 e. The van der Waals surface area contributed by atoms with Gasteiger partial charge in [0, 0.05) is 12.1 Å². The Morgan fingerprint density at radius 3 is 2.83 bits per heavy atom. The van der Waals surface area contributed by atoms with Crippen LogP contribution in [0.3, 0.4) is 0 Å². The molecule has 0 unspecified atom stereocenters. The number of ether oxygens (including phenoxy) is 1. The number of benzene rings is 1. The van der Waals surface area contributed by atoms with Crippen molar-refractivity contribution in [1.82, 2.24) is 4.90 Å². The second-order valence-electron chi connectivity index (χ2n) is 4.69. The minimum atomic E-state index is 0.0810. The first-order valence-corrected chi connectivity index (χ1v) is 6.55. The first kappa shape index (κ1) is 12.9. The lowest BCUT2D eigenvalue weighted by Gasteiger charge is -2.14. The smallest absolute Gasteiger partial charge is 0.122 e. The fourth-order valence-electron chi connectivity index (χ4n) is 2.24. The van der Waals surface area contributed by atoms with E-state index in [0.29, 0.717) is 5.56 Å². The monoisotopic (exact) mass is 247 g/mol. The number of nitrogens with two attached hydrogens (primary N) is 1. The molecular weight excluding hydrogens is 226 g/mol. The van der Waals surface area contributed by atoms with Gasteiger partial charge in [-0.05, 0) is 44.5 Å². The summed E-state index contributed by atoms with van der Waals surface area (Å²) in [5.74, 6) is 0.877. The molecule has 1 aromatic carbocycles. The van der Waals surface area contributed by atoms with E-state index in [0.717, 1.165) is 25.3 Å². The van der Waals surface area contributed by atoms with Gasteiger partial charge in [-0.1, -0.05) is 12.1 Å². The van der Waals surface area contributed by atoms with Crippen molar-refractivity contribution in [1.29, 1.82) is 5.41 Å². The normalized spacial score (nSPS) is 15.8. The van der Waals surface area contributed by atoms with Crippen LogP contribution < -0.4 is 10.5 Å². The molecule has 4 heteroatoms. The third kappa shape index (κ3) is 3.74. The second kappa shape index (κ2) is 6.40. The maximum atomic E-state index is 7.37. The highest BCUT2D eigenvalue weighted by Gasteiger charge is 2.10. The third-order valence-corrected chi connectivity index (χ3v) is 3.23. The predicted octanol–water partition coefficient (Wildman–Crippen LogP) is 1.84. The molecule has 0 bridgehead atoms. The van der Waals surface area contributed by atoms with Crippen LogP contribution in [-0.2, 0) is 0 Å². The Hall–Kier alpha value is -1.55. The molecule has 0 spiro atoms. The van der Waals surface area contributed by atoms with Crippen LogP contribution in [0.15, 0.2) is 24.3 Å². The Balaban J connectivity index is 1.72. The van der Waals surface area contributed by atoms with Crippen LogP contribution in [0.4, 0.5) is 0 Å². The van der Waals surface area contributed by atoms with Gasteiger partial charge < -0.3 is 15.4 Å². The molecule has 98 valence electrons. The van der Waals surface area contributed by atoms with Crippen molar-refractivity contribution in [3.05, 3.63) is 29.8 Å². The lowest BCUT2D eigenvalue weighted by molar-refractivity contribution is 0.263. The summed E-state index contributed by atoms with van der Waals surface area (Å²) in [6.45, 7) is 4.31. The molecular formula is C14H21N3O. The summed E-state index contributed by atoms with van der Waals surface area (Å²) in [5.41, 5.74) is 6.16. The molecule has 0 aliphatic carbocycles. The molecule has 1 fully saturated rings. The average molecular weight is 247 g/mol. The summed E-state index contributed by atoms with van der Waals surface area (Å²) in [7, 11) is 0. The van der Waals surface area contributed by atoms with Gasteiger partial charge in [-0.2, -0.15) is 0 Å². The minimum absolute atomic E-state index is 0.0810. The average Bonchev–Trinajstić information content (AvgIpc) is 2.88. The predicted molar refractivity (Wildman–Crippen MR) is 73.2 cm³/mol. The van der Waals surface area contributed by atoms with E-state index in [4.69, 9.17) is 15.9 Å². The van der Waals surface area contributed by atoms with Gasteiger partial charge in [0.05, 0.1) is 6.61 Å². The zero-order chi connectivity index (χ0) is 12.8. The van der Waals surface area contributed by atoms with E-state index in [-0.39, 0.29) is 5.84 Å². The molecule has 0 amide bonds. The molecule has 0 aromatic heterocycles. The van der Waals surface area contributed by atoms with Crippen molar-refractivity contribution in [3.63, 3.8) is 0 Å². The first-order valence-electron chi connectivity index (χ1n) is 6.55. The third-order valence-electron chi connectivity index (χ3n) is 3.23. The highest BCUT2D eigenvalue weighted by atomic mass is 16.5. The molecule has 1 heterocycles. The van der Waals surface area contributed by atoms with Crippen LogP contribution in [0, 0.1) is 5.41 Å². The highest BCUT2D eigenvalue weighted by molar-refractivity contribution is 5.95. The number of amidine groups is 1. The van der Waals surface area contributed by atoms with Crippen molar-refractivity contribution in [2.75, 3.05) is 26.2 Å². The van der Waals surface area contributed by atoms with Crippen LogP contribution in [-0.4, -0.2) is 37.0 Å². The van der Waals surface area contributed by atoms with E-state index in [1.807, 2.05) is 24.3 Å². The number of rotatable bonds is 6. The zero-order valence-corrected chi connectivity index (χ0v) is 10.7. The molecule has 0 radical (unpaired) electrons. The number of nitrogens with zero attached hydrogens (tertiary/aromatic N) is 1. The van der Waals surface area contributed by atoms with E-state index < -0.39 is 0 Å². The van der Waals surface area contributed by atoms with Crippen LogP contribution in [0.5, 0.6) is 5.75 Å². The topological polar surface area (TPSA) is 62.3 Å². The van der Waals surface area contributed by atoms with E-state index in [1.165, 1.54) is 25.9 Å². The van der Waals surface area contributed by atoms with Gasteiger partial charge in [-0.3, -0.25) is 5.41 Å². The van der Waals surface area contributed by atoms with Gasteiger partial charge in [-0.15, -0.1) is 0 Å². The lowest BCUT2D eigenvalue weighted by Crippen LogP contribution is -2.21. The highest BCUT2D eigenvalue weighted by Crippen LogP contribution is 2.13. The summed E-state index contributed by atoms with van der Waals surface area (Å²) < 4.78 is 5.68. The van der Waals surface area contributed by atoms with Gasteiger partial charge in [0.25, 0.3) is 0 Å². The molecule has 1 aliphatic heterocycles. The Labute approximate surface area is 108 Å². The van der Waals surface area contributed by atoms with Gasteiger partial charge in [0.1, 0.15) is 11.6 Å². The number of likely N-dealkylation sites (tertiary alicyclic amines) is 1. The molecule has 2 rings (SSSR count). The van der Waals surface area contributed by atoms with Crippen LogP contribution in [0.2, 0.25) is 0 Å².